The third-order valence-corrected chi connectivity index (χ3v) is 2.78. The van der Waals surface area contributed by atoms with Crippen LogP contribution in [0.15, 0.2) is 18.2 Å². The number of nitrogens with zero attached hydrogens (tertiary/aromatic N) is 1. The Labute approximate surface area is 115 Å². The summed E-state index contributed by atoms with van der Waals surface area (Å²) in [5.41, 5.74) is -0.170. The number of pyridine rings is 1. The molecule has 1 fully saturated rings. The molecular formula is C13H15N3O4. The van der Waals surface area contributed by atoms with Crippen LogP contribution in [0.2, 0.25) is 0 Å². The fourth-order valence-corrected chi connectivity index (χ4v) is 1.59. The average molecular weight is 277 g/mol. The van der Waals surface area contributed by atoms with E-state index in [1.165, 1.54) is 18.2 Å². The molecule has 2 rings (SSSR count). The van der Waals surface area contributed by atoms with E-state index in [0.29, 0.717) is 6.04 Å². The molecule has 2 amide bonds. The van der Waals surface area contributed by atoms with Crippen molar-refractivity contribution in [2.24, 2.45) is 0 Å². The molecule has 0 bridgehead atoms. The zero-order valence-electron chi connectivity index (χ0n) is 10.8. The van der Waals surface area contributed by atoms with E-state index in [1.54, 1.807) is 0 Å². The van der Waals surface area contributed by atoms with E-state index in [0.717, 1.165) is 12.8 Å². The van der Waals surface area contributed by atoms with Crippen LogP contribution in [0, 0.1) is 0 Å². The molecule has 1 heterocycles. The predicted octanol–water partition coefficient (Wildman–Crippen LogP) is 0.178. The van der Waals surface area contributed by atoms with Crippen LogP contribution in [0.4, 0.5) is 0 Å². The number of aromatic carboxylic acids is 1. The molecule has 0 radical (unpaired) electrons. The number of amides is 2. The lowest BCUT2D eigenvalue weighted by atomic mass is 10.3. The highest BCUT2D eigenvalue weighted by atomic mass is 16.4. The maximum absolute atomic E-state index is 11.7. The molecule has 0 atom stereocenters. The van der Waals surface area contributed by atoms with Gasteiger partial charge >= 0.3 is 5.97 Å². The van der Waals surface area contributed by atoms with Crippen molar-refractivity contribution in [1.29, 1.82) is 0 Å². The summed E-state index contributed by atoms with van der Waals surface area (Å²) < 4.78 is 0. The fourth-order valence-electron chi connectivity index (χ4n) is 1.59. The zero-order valence-corrected chi connectivity index (χ0v) is 10.8. The molecule has 1 aromatic heterocycles. The highest BCUT2D eigenvalue weighted by molar-refractivity contribution is 5.94. The Morgan fingerprint density at radius 2 is 1.95 bits per heavy atom. The summed E-state index contributed by atoms with van der Waals surface area (Å²) in [7, 11) is 0. The highest BCUT2D eigenvalue weighted by Crippen LogP contribution is 2.18. The number of aromatic nitrogens is 1. The fraction of sp³-hybridized carbons (Fsp3) is 0.385. The van der Waals surface area contributed by atoms with Gasteiger partial charge in [0.15, 0.2) is 0 Å². The minimum atomic E-state index is -1.19. The maximum Gasteiger partial charge on any atom is 0.354 e. The van der Waals surface area contributed by atoms with E-state index < -0.39 is 11.9 Å². The first kappa shape index (κ1) is 14.0. The highest BCUT2D eigenvalue weighted by Gasteiger charge is 2.22. The van der Waals surface area contributed by atoms with Crippen LogP contribution in [0.3, 0.4) is 0 Å². The van der Waals surface area contributed by atoms with Crippen molar-refractivity contribution >= 4 is 17.8 Å². The first-order valence-corrected chi connectivity index (χ1v) is 6.34. The van der Waals surface area contributed by atoms with Gasteiger partial charge in [-0.1, -0.05) is 6.07 Å². The van der Waals surface area contributed by atoms with Crippen LogP contribution in [0.25, 0.3) is 0 Å². The van der Waals surface area contributed by atoms with Gasteiger partial charge < -0.3 is 15.7 Å². The molecule has 1 aliphatic carbocycles. The number of rotatable bonds is 6. The number of nitrogens with one attached hydrogen (secondary N) is 2. The summed E-state index contributed by atoms with van der Waals surface area (Å²) in [4.78, 5) is 37.6. The summed E-state index contributed by atoms with van der Waals surface area (Å²) in [6, 6.07) is 4.48. The monoisotopic (exact) mass is 277 g/mol. The van der Waals surface area contributed by atoms with Crippen molar-refractivity contribution < 1.29 is 19.5 Å². The Kier molecular flexibility index (Phi) is 4.29. The van der Waals surface area contributed by atoms with Crippen LogP contribution in [-0.2, 0) is 4.79 Å². The molecule has 1 saturated carbocycles. The summed E-state index contributed by atoms with van der Waals surface area (Å²) in [6.45, 7) is 0.191. The number of carbonyl (C=O) groups excluding carboxylic acids is 2. The number of carbonyl (C=O) groups is 3. The number of carboxylic acids is 1. The lowest BCUT2D eigenvalue weighted by molar-refractivity contribution is -0.121. The molecule has 0 saturated heterocycles. The molecule has 7 heteroatoms. The van der Waals surface area contributed by atoms with Crippen molar-refractivity contribution in [2.45, 2.75) is 25.3 Å². The van der Waals surface area contributed by atoms with Gasteiger partial charge in [-0.3, -0.25) is 9.59 Å². The Hall–Kier alpha value is -2.44. The summed E-state index contributed by atoms with van der Waals surface area (Å²) >= 11 is 0. The molecule has 20 heavy (non-hydrogen) atoms. The molecule has 0 aliphatic heterocycles. The third-order valence-electron chi connectivity index (χ3n) is 2.78. The second-order valence-electron chi connectivity index (χ2n) is 4.56. The quantitative estimate of drug-likeness (QED) is 0.687. The molecule has 106 valence electrons. The zero-order chi connectivity index (χ0) is 14.5. The number of hydrogen-bond acceptors (Lipinski definition) is 4. The third kappa shape index (κ3) is 4.04. The lowest BCUT2D eigenvalue weighted by Gasteiger charge is -2.05. The topological polar surface area (TPSA) is 108 Å². The van der Waals surface area contributed by atoms with Crippen LogP contribution in [-0.4, -0.2) is 40.5 Å². The molecule has 3 N–H and O–H groups in total. The van der Waals surface area contributed by atoms with E-state index in [4.69, 9.17) is 5.11 Å². The van der Waals surface area contributed by atoms with E-state index >= 15 is 0 Å². The van der Waals surface area contributed by atoms with Crippen molar-refractivity contribution in [3.63, 3.8) is 0 Å². The van der Waals surface area contributed by atoms with Crippen LogP contribution < -0.4 is 10.6 Å². The van der Waals surface area contributed by atoms with Crippen LogP contribution >= 0.6 is 0 Å². The second kappa shape index (κ2) is 6.14. The van der Waals surface area contributed by atoms with E-state index in [9.17, 15) is 14.4 Å². The van der Waals surface area contributed by atoms with Gasteiger partial charge in [0.25, 0.3) is 5.91 Å². The van der Waals surface area contributed by atoms with Crippen molar-refractivity contribution in [3.05, 3.63) is 29.6 Å². The summed E-state index contributed by atoms with van der Waals surface area (Å²) in [5.74, 6) is -1.78. The predicted molar refractivity (Wildman–Crippen MR) is 69.3 cm³/mol. The van der Waals surface area contributed by atoms with Gasteiger partial charge in [0.05, 0.1) is 0 Å². The normalized spacial score (nSPS) is 13.6. The van der Waals surface area contributed by atoms with Gasteiger partial charge in [-0.25, -0.2) is 9.78 Å². The molecule has 1 aliphatic rings. The second-order valence-corrected chi connectivity index (χ2v) is 4.56. The number of hydrogen-bond donors (Lipinski definition) is 3. The Balaban J connectivity index is 1.80. The summed E-state index contributed by atoms with van der Waals surface area (Å²) in [6.07, 6.45) is 2.23. The van der Waals surface area contributed by atoms with E-state index in [2.05, 4.69) is 15.6 Å². The average Bonchev–Trinajstić information content (AvgIpc) is 3.22. The molecule has 0 aromatic carbocycles. The molecule has 0 unspecified atom stereocenters. The van der Waals surface area contributed by atoms with Crippen molar-refractivity contribution in [2.75, 3.05) is 6.54 Å². The summed E-state index contributed by atoms with van der Waals surface area (Å²) in [5, 5.41) is 14.1. The molecule has 1 aromatic rings. The largest absolute Gasteiger partial charge is 0.477 e. The molecule has 0 spiro atoms. The van der Waals surface area contributed by atoms with Crippen LogP contribution in [0.1, 0.15) is 40.2 Å². The Bertz CT molecular complexity index is 540. The van der Waals surface area contributed by atoms with Gasteiger partial charge in [-0.05, 0) is 25.0 Å². The van der Waals surface area contributed by atoms with Gasteiger partial charge in [0.2, 0.25) is 5.91 Å². The first-order chi connectivity index (χ1) is 9.56. The van der Waals surface area contributed by atoms with E-state index in [-0.39, 0.29) is 30.3 Å². The van der Waals surface area contributed by atoms with Crippen molar-refractivity contribution in [3.8, 4) is 0 Å². The van der Waals surface area contributed by atoms with Gasteiger partial charge in [-0.15, -0.1) is 0 Å². The molecular weight excluding hydrogens is 262 g/mol. The van der Waals surface area contributed by atoms with Gasteiger partial charge in [-0.2, -0.15) is 0 Å². The maximum atomic E-state index is 11.7. The molecule has 7 nitrogen and oxygen atoms in total. The van der Waals surface area contributed by atoms with E-state index in [1.807, 2.05) is 0 Å². The Morgan fingerprint density at radius 1 is 1.25 bits per heavy atom. The Morgan fingerprint density at radius 3 is 2.60 bits per heavy atom. The van der Waals surface area contributed by atoms with Crippen molar-refractivity contribution in [1.82, 2.24) is 15.6 Å². The SMILES string of the molecule is O=C(CCNC(=O)c1cccc(C(=O)O)n1)NC1CC1. The van der Waals surface area contributed by atoms with Gasteiger partial charge in [0.1, 0.15) is 11.4 Å². The van der Waals surface area contributed by atoms with Gasteiger partial charge in [0, 0.05) is 19.0 Å². The standard InChI is InChI=1S/C13H15N3O4/c17-11(15-8-4-5-8)6-7-14-12(18)9-2-1-3-10(16-9)13(19)20/h1-3,8H,4-7H2,(H,14,18)(H,15,17)(H,19,20). The van der Waals surface area contributed by atoms with Crippen LogP contribution in [0.5, 0.6) is 0 Å². The minimum Gasteiger partial charge on any atom is -0.477 e. The lowest BCUT2D eigenvalue weighted by Crippen LogP contribution is -2.32. The minimum absolute atomic E-state index is 0.0208. The first-order valence-electron chi connectivity index (χ1n) is 6.34. The number of carboxylic acid groups (broad SMARTS) is 1. The smallest absolute Gasteiger partial charge is 0.354 e.